The Morgan fingerprint density at radius 1 is 1.17 bits per heavy atom. The van der Waals surface area contributed by atoms with Gasteiger partial charge >= 0.3 is 6.08 Å². The molecule has 2 heterocycles. The lowest BCUT2D eigenvalue weighted by molar-refractivity contribution is 0.175. The van der Waals surface area contributed by atoms with Gasteiger partial charge in [0.1, 0.15) is 5.82 Å². The van der Waals surface area contributed by atoms with Crippen LogP contribution in [0.25, 0.3) is 0 Å². The molecule has 2 aromatic heterocycles. The molecule has 3 aromatic rings. The van der Waals surface area contributed by atoms with E-state index in [0.717, 1.165) is 18.4 Å². The van der Waals surface area contributed by atoms with Crippen molar-refractivity contribution in [1.82, 2.24) is 20.3 Å². The van der Waals surface area contributed by atoms with Gasteiger partial charge in [0, 0.05) is 12.3 Å². The molecule has 1 aliphatic carbocycles. The van der Waals surface area contributed by atoms with E-state index in [2.05, 4.69) is 20.3 Å². The molecule has 1 aromatic carbocycles. The minimum absolute atomic E-state index is 0.0354. The van der Waals surface area contributed by atoms with Crippen molar-refractivity contribution in [3.63, 3.8) is 0 Å². The van der Waals surface area contributed by atoms with Gasteiger partial charge < -0.3 is 9.15 Å². The van der Waals surface area contributed by atoms with E-state index in [1.165, 1.54) is 12.1 Å². The maximum absolute atomic E-state index is 12.9. The van der Waals surface area contributed by atoms with Gasteiger partial charge in [-0.1, -0.05) is 17.3 Å². The molecule has 0 N–H and O–H groups in total. The van der Waals surface area contributed by atoms with E-state index < -0.39 is 0 Å². The lowest BCUT2D eigenvalue weighted by atomic mass is 10.1. The van der Waals surface area contributed by atoms with E-state index in [-0.39, 0.29) is 18.5 Å². The van der Waals surface area contributed by atoms with E-state index in [1.54, 1.807) is 12.1 Å². The summed E-state index contributed by atoms with van der Waals surface area (Å²) < 4.78 is 28.7. The minimum Gasteiger partial charge on any atom is -0.439 e. The minimum atomic E-state index is -0.281. The Labute approximate surface area is 130 Å². The second-order valence-corrected chi connectivity index (χ2v) is 5.38. The molecule has 1 saturated carbocycles. The monoisotopic (exact) mass is 316 g/mol. The molecule has 0 aliphatic heterocycles. The third kappa shape index (κ3) is 3.36. The maximum Gasteiger partial charge on any atom is 0.417 e. The number of hydrogen-bond donors (Lipinski definition) is 0. The van der Waals surface area contributed by atoms with Crippen LogP contribution in [0, 0.1) is 5.82 Å². The average Bonchev–Trinajstić information content (AvgIpc) is 3.13. The molecule has 0 unspecified atom stereocenters. The predicted molar refractivity (Wildman–Crippen MR) is 74.1 cm³/mol. The number of rotatable bonds is 6. The zero-order valence-corrected chi connectivity index (χ0v) is 12.1. The van der Waals surface area contributed by atoms with Crippen molar-refractivity contribution in [2.45, 2.75) is 31.8 Å². The number of hydrogen-bond acceptors (Lipinski definition) is 7. The molecule has 118 valence electrons. The second kappa shape index (κ2) is 5.79. The fourth-order valence-electron chi connectivity index (χ4n) is 2.10. The van der Waals surface area contributed by atoms with Crippen LogP contribution >= 0.6 is 0 Å². The first-order valence-corrected chi connectivity index (χ1v) is 7.28. The molecule has 0 spiro atoms. The van der Waals surface area contributed by atoms with Gasteiger partial charge in [-0.3, -0.25) is 4.52 Å². The smallest absolute Gasteiger partial charge is 0.417 e. The number of aromatic nitrogens is 4. The summed E-state index contributed by atoms with van der Waals surface area (Å²) in [5, 5.41) is 11.7. The Bertz CT molecular complexity index is 795. The quantitative estimate of drug-likeness (QED) is 0.690. The van der Waals surface area contributed by atoms with Crippen molar-refractivity contribution in [1.29, 1.82) is 0 Å². The topological polar surface area (TPSA) is 87.1 Å². The van der Waals surface area contributed by atoms with Gasteiger partial charge in [-0.2, -0.15) is 4.98 Å². The van der Waals surface area contributed by atoms with Crippen LogP contribution in [0.3, 0.4) is 0 Å². The Balaban J connectivity index is 1.34. The molecule has 1 aliphatic rings. The lowest BCUT2D eigenvalue weighted by Crippen LogP contribution is -1.96. The predicted octanol–water partition coefficient (Wildman–Crippen LogP) is 2.64. The fourth-order valence-corrected chi connectivity index (χ4v) is 2.10. The van der Waals surface area contributed by atoms with Gasteiger partial charge in [0.05, 0.1) is 0 Å². The van der Waals surface area contributed by atoms with Gasteiger partial charge in [-0.05, 0) is 30.5 Å². The summed E-state index contributed by atoms with van der Waals surface area (Å²) in [6, 6.07) is 6.12. The van der Waals surface area contributed by atoms with Crippen molar-refractivity contribution < 1.29 is 18.1 Å². The van der Waals surface area contributed by atoms with Crippen molar-refractivity contribution in [2.24, 2.45) is 0 Å². The van der Waals surface area contributed by atoms with Crippen LogP contribution in [0.2, 0.25) is 0 Å². The summed E-state index contributed by atoms with van der Waals surface area (Å²) in [7, 11) is 0. The van der Waals surface area contributed by atoms with Crippen molar-refractivity contribution in [3.05, 3.63) is 53.3 Å². The van der Waals surface area contributed by atoms with E-state index >= 15 is 0 Å². The summed E-state index contributed by atoms with van der Waals surface area (Å²) in [4.78, 5) is 4.11. The summed E-state index contributed by atoms with van der Waals surface area (Å²) in [6.07, 6.45) is 2.66. The Hall–Kier alpha value is -2.77. The van der Waals surface area contributed by atoms with Gasteiger partial charge in [-0.25, -0.2) is 4.39 Å². The van der Waals surface area contributed by atoms with Gasteiger partial charge in [0.2, 0.25) is 5.89 Å². The molecular weight excluding hydrogens is 303 g/mol. The highest BCUT2D eigenvalue weighted by Crippen LogP contribution is 2.39. The third-order valence-electron chi connectivity index (χ3n) is 3.45. The molecule has 0 saturated heterocycles. The van der Waals surface area contributed by atoms with Crippen LogP contribution in [0.4, 0.5) is 4.39 Å². The molecular formula is C15H13FN4O3. The second-order valence-electron chi connectivity index (χ2n) is 5.38. The summed E-state index contributed by atoms with van der Waals surface area (Å²) in [5.74, 6) is 1.62. The van der Waals surface area contributed by atoms with Gasteiger partial charge in [0.25, 0.3) is 5.89 Å². The molecule has 0 radical (unpaired) electrons. The summed E-state index contributed by atoms with van der Waals surface area (Å²) in [6.45, 7) is 0.0813. The fraction of sp³-hybridized carbons (Fsp3) is 0.333. The Kier molecular flexibility index (Phi) is 3.49. The third-order valence-corrected chi connectivity index (χ3v) is 3.45. The molecule has 1 fully saturated rings. The van der Waals surface area contributed by atoms with E-state index in [1.807, 2.05) is 0 Å². The van der Waals surface area contributed by atoms with Crippen LogP contribution in [-0.2, 0) is 13.0 Å². The molecule has 4 rings (SSSR count). The number of benzene rings is 1. The number of halogens is 1. The van der Waals surface area contributed by atoms with Crippen LogP contribution in [-0.4, -0.2) is 20.3 Å². The lowest BCUT2D eigenvalue weighted by Gasteiger charge is -1.96. The van der Waals surface area contributed by atoms with Gasteiger partial charge in [-0.15, -0.1) is 10.2 Å². The van der Waals surface area contributed by atoms with Crippen molar-refractivity contribution >= 4 is 0 Å². The van der Waals surface area contributed by atoms with E-state index in [0.29, 0.717) is 29.9 Å². The number of ether oxygens (including phenoxy) is 1. The first-order chi connectivity index (χ1) is 11.3. The Morgan fingerprint density at radius 3 is 2.78 bits per heavy atom. The molecule has 0 atom stereocenters. The normalized spacial score (nSPS) is 14.1. The van der Waals surface area contributed by atoms with E-state index in [9.17, 15) is 4.39 Å². The first-order valence-electron chi connectivity index (χ1n) is 7.28. The largest absolute Gasteiger partial charge is 0.439 e. The summed E-state index contributed by atoms with van der Waals surface area (Å²) >= 11 is 0. The number of nitrogens with zero attached hydrogens (tertiary/aromatic N) is 4. The highest BCUT2D eigenvalue weighted by atomic mass is 19.1. The van der Waals surface area contributed by atoms with Crippen molar-refractivity contribution in [3.8, 4) is 6.08 Å². The average molecular weight is 316 g/mol. The first kappa shape index (κ1) is 13.9. The van der Waals surface area contributed by atoms with E-state index in [4.69, 9.17) is 13.7 Å². The molecule has 0 amide bonds. The zero-order valence-electron chi connectivity index (χ0n) is 12.1. The SMILES string of the molecule is Fc1ccc(Cc2noc(OCc3nnc(C4CC4)o3)n2)cc1. The van der Waals surface area contributed by atoms with Crippen LogP contribution in [0.1, 0.15) is 41.9 Å². The summed E-state index contributed by atoms with van der Waals surface area (Å²) in [5.41, 5.74) is 0.879. The zero-order chi connectivity index (χ0) is 15.6. The molecule has 23 heavy (non-hydrogen) atoms. The molecule has 8 heteroatoms. The van der Waals surface area contributed by atoms with Crippen LogP contribution < -0.4 is 4.74 Å². The standard InChI is InChI=1S/C15H13FN4O3/c16-11-5-1-9(2-6-11)7-12-17-15(23-20-12)21-8-13-18-19-14(22-13)10-3-4-10/h1-2,5-6,10H,3-4,7-8H2. The highest BCUT2D eigenvalue weighted by Gasteiger charge is 2.29. The Morgan fingerprint density at radius 2 is 2.00 bits per heavy atom. The molecule has 7 nitrogen and oxygen atoms in total. The molecule has 0 bridgehead atoms. The van der Waals surface area contributed by atoms with Crippen LogP contribution in [0.15, 0.2) is 33.2 Å². The highest BCUT2D eigenvalue weighted by molar-refractivity contribution is 5.19. The van der Waals surface area contributed by atoms with Gasteiger partial charge in [0.15, 0.2) is 12.4 Å². The van der Waals surface area contributed by atoms with Crippen molar-refractivity contribution in [2.75, 3.05) is 0 Å². The van der Waals surface area contributed by atoms with Crippen LogP contribution in [0.5, 0.6) is 6.08 Å². The maximum atomic E-state index is 12.9.